The van der Waals surface area contributed by atoms with Gasteiger partial charge in [0.1, 0.15) is 5.84 Å². The number of amidine groups is 1. The normalized spacial score (nSPS) is 14.3. The maximum absolute atomic E-state index is 12.3. The Hall–Kier alpha value is -0.980. The van der Waals surface area contributed by atoms with Gasteiger partial charge >= 0.3 is 6.18 Å². The molecule has 0 rings (SSSR count). The molecule has 0 saturated carbocycles. The van der Waals surface area contributed by atoms with Gasteiger partial charge in [0.25, 0.3) is 0 Å². The van der Waals surface area contributed by atoms with E-state index in [1.807, 2.05) is 6.92 Å². The molecule has 108 valence electrons. The molecule has 0 heterocycles. The molecule has 18 heavy (non-hydrogen) atoms. The van der Waals surface area contributed by atoms with E-state index in [-0.39, 0.29) is 12.4 Å². The Morgan fingerprint density at radius 1 is 1.28 bits per heavy atom. The van der Waals surface area contributed by atoms with Gasteiger partial charge in [-0.25, -0.2) is 0 Å². The van der Waals surface area contributed by atoms with Gasteiger partial charge in [0.15, 0.2) is 0 Å². The van der Waals surface area contributed by atoms with Crippen LogP contribution in [0.15, 0.2) is 5.16 Å². The van der Waals surface area contributed by atoms with Crippen molar-refractivity contribution in [3.63, 3.8) is 0 Å². The zero-order chi connectivity index (χ0) is 14.4. The summed E-state index contributed by atoms with van der Waals surface area (Å²) in [5, 5.41) is 11.5. The van der Waals surface area contributed by atoms with Crippen LogP contribution < -0.4 is 5.73 Å². The van der Waals surface area contributed by atoms with Gasteiger partial charge in [-0.15, -0.1) is 0 Å². The molecular weight excluding hydrogens is 247 g/mol. The predicted octanol–water partition coefficient (Wildman–Crippen LogP) is 2.42. The molecule has 0 radical (unpaired) electrons. The minimum atomic E-state index is -4.20. The lowest BCUT2D eigenvalue weighted by atomic mass is 9.88. The zero-order valence-electron chi connectivity index (χ0n) is 11.1. The molecule has 0 spiro atoms. The van der Waals surface area contributed by atoms with Crippen LogP contribution in [0.5, 0.6) is 0 Å². The van der Waals surface area contributed by atoms with Crippen molar-refractivity contribution in [1.29, 1.82) is 0 Å². The van der Waals surface area contributed by atoms with Crippen LogP contribution in [0.2, 0.25) is 0 Å². The highest BCUT2D eigenvalue weighted by molar-refractivity contribution is 5.85. The Bertz CT molecular complexity index is 277. The average molecular weight is 269 g/mol. The SMILES string of the molecule is CCCN(CCC(C)(C)C(N)=NO)CC(F)(F)F. The van der Waals surface area contributed by atoms with Gasteiger partial charge in [-0.2, -0.15) is 13.2 Å². The highest BCUT2D eigenvalue weighted by atomic mass is 19.4. The van der Waals surface area contributed by atoms with E-state index >= 15 is 0 Å². The summed E-state index contributed by atoms with van der Waals surface area (Å²) in [6.07, 6.45) is -3.14. The molecule has 0 unspecified atom stereocenters. The number of hydrogen-bond acceptors (Lipinski definition) is 3. The minimum Gasteiger partial charge on any atom is -0.409 e. The van der Waals surface area contributed by atoms with E-state index < -0.39 is 18.1 Å². The van der Waals surface area contributed by atoms with Gasteiger partial charge in [0.2, 0.25) is 0 Å². The van der Waals surface area contributed by atoms with Crippen molar-refractivity contribution in [1.82, 2.24) is 4.90 Å². The Balaban J connectivity index is 4.44. The van der Waals surface area contributed by atoms with Gasteiger partial charge in [-0.3, -0.25) is 4.90 Å². The summed E-state index contributed by atoms with van der Waals surface area (Å²) in [5.74, 6) is 0.0333. The second kappa shape index (κ2) is 6.82. The van der Waals surface area contributed by atoms with Crippen LogP contribution in [0.1, 0.15) is 33.6 Å². The molecule has 0 atom stereocenters. The summed E-state index contributed by atoms with van der Waals surface area (Å²) in [5.41, 5.74) is 4.88. The fraction of sp³-hybridized carbons (Fsp3) is 0.909. The van der Waals surface area contributed by atoms with Crippen molar-refractivity contribution >= 4 is 5.84 Å². The third-order valence-electron chi connectivity index (χ3n) is 2.80. The average Bonchev–Trinajstić information content (AvgIpc) is 2.23. The molecule has 0 aromatic carbocycles. The van der Waals surface area contributed by atoms with Crippen molar-refractivity contribution in [3.8, 4) is 0 Å². The third-order valence-corrected chi connectivity index (χ3v) is 2.80. The van der Waals surface area contributed by atoms with Gasteiger partial charge < -0.3 is 10.9 Å². The fourth-order valence-electron chi connectivity index (χ4n) is 1.54. The number of rotatable bonds is 7. The summed E-state index contributed by atoms with van der Waals surface area (Å²) < 4.78 is 37.0. The van der Waals surface area contributed by atoms with E-state index in [4.69, 9.17) is 10.9 Å². The van der Waals surface area contributed by atoms with Crippen LogP contribution in [0.4, 0.5) is 13.2 Å². The highest BCUT2D eigenvalue weighted by Gasteiger charge is 2.31. The van der Waals surface area contributed by atoms with Gasteiger partial charge in [0.05, 0.1) is 6.54 Å². The van der Waals surface area contributed by atoms with E-state index in [1.165, 1.54) is 4.90 Å². The van der Waals surface area contributed by atoms with Crippen molar-refractivity contribution in [2.24, 2.45) is 16.3 Å². The van der Waals surface area contributed by atoms with Gasteiger partial charge in [-0.05, 0) is 25.9 Å². The summed E-state index contributed by atoms with van der Waals surface area (Å²) >= 11 is 0. The Morgan fingerprint density at radius 2 is 1.83 bits per heavy atom. The summed E-state index contributed by atoms with van der Waals surface area (Å²) in [6, 6.07) is 0. The first-order chi connectivity index (χ1) is 8.12. The topological polar surface area (TPSA) is 61.8 Å². The molecule has 7 heteroatoms. The van der Waals surface area contributed by atoms with Gasteiger partial charge in [-0.1, -0.05) is 25.9 Å². The Kier molecular flexibility index (Phi) is 6.45. The molecule has 0 amide bonds. The van der Waals surface area contributed by atoms with Crippen LogP contribution in [-0.4, -0.2) is 41.8 Å². The van der Waals surface area contributed by atoms with Crippen LogP contribution >= 0.6 is 0 Å². The lowest BCUT2D eigenvalue weighted by molar-refractivity contribution is -0.146. The van der Waals surface area contributed by atoms with Gasteiger partial charge in [0, 0.05) is 5.41 Å². The maximum Gasteiger partial charge on any atom is 0.401 e. The summed E-state index contributed by atoms with van der Waals surface area (Å²) in [4.78, 5) is 1.34. The van der Waals surface area contributed by atoms with Crippen molar-refractivity contribution < 1.29 is 18.4 Å². The summed E-state index contributed by atoms with van der Waals surface area (Å²) in [6.45, 7) is 5.02. The standard InChI is InChI=1S/C11H22F3N3O/c1-4-6-17(8-11(12,13)14)7-5-10(2,3)9(15)16-18/h18H,4-8H2,1-3H3,(H2,15,16). The van der Waals surface area contributed by atoms with Crippen molar-refractivity contribution in [3.05, 3.63) is 0 Å². The quantitative estimate of drug-likeness (QED) is 0.323. The largest absolute Gasteiger partial charge is 0.409 e. The first kappa shape index (κ1) is 17.0. The molecule has 0 fully saturated rings. The number of nitrogens with zero attached hydrogens (tertiary/aromatic N) is 2. The lowest BCUT2D eigenvalue weighted by Crippen LogP contribution is -2.40. The molecule has 4 nitrogen and oxygen atoms in total. The van der Waals surface area contributed by atoms with E-state index in [2.05, 4.69) is 5.16 Å². The van der Waals surface area contributed by atoms with Crippen LogP contribution in [0.25, 0.3) is 0 Å². The fourth-order valence-corrected chi connectivity index (χ4v) is 1.54. The number of hydrogen-bond donors (Lipinski definition) is 2. The Morgan fingerprint density at radius 3 is 2.22 bits per heavy atom. The number of alkyl halides is 3. The molecule has 0 aliphatic carbocycles. The molecule has 0 bridgehead atoms. The second-order valence-electron chi connectivity index (χ2n) is 5.01. The van der Waals surface area contributed by atoms with E-state index in [0.717, 1.165) is 0 Å². The van der Waals surface area contributed by atoms with Crippen molar-refractivity contribution in [2.45, 2.75) is 39.8 Å². The number of halogens is 3. The second-order valence-corrected chi connectivity index (χ2v) is 5.01. The van der Waals surface area contributed by atoms with Crippen molar-refractivity contribution in [2.75, 3.05) is 19.6 Å². The molecule has 0 aromatic rings. The Labute approximate surface area is 106 Å². The number of nitrogens with two attached hydrogens (primary N) is 1. The first-order valence-electron chi connectivity index (χ1n) is 5.89. The number of oxime groups is 1. The zero-order valence-corrected chi connectivity index (χ0v) is 11.1. The molecule has 3 N–H and O–H groups in total. The van der Waals surface area contributed by atoms with Crippen LogP contribution in [0.3, 0.4) is 0 Å². The highest BCUT2D eigenvalue weighted by Crippen LogP contribution is 2.23. The molecule has 0 aromatic heterocycles. The monoisotopic (exact) mass is 269 g/mol. The smallest absolute Gasteiger partial charge is 0.401 e. The summed E-state index contributed by atoms with van der Waals surface area (Å²) in [7, 11) is 0. The molecular formula is C11H22F3N3O. The maximum atomic E-state index is 12.3. The van der Waals surface area contributed by atoms with Crippen LogP contribution in [0, 0.1) is 5.41 Å². The lowest BCUT2D eigenvalue weighted by Gasteiger charge is -2.28. The predicted molar refractivity (Wildman–Crippen MR) is 64.6 cm³/mol. The molecule has 0 aliphatic heterocycles. The molecule has 0 saturated heterocycles. The molecule has 0 aliphatic rings. The minimum absolute atomic E-state index is 0.0333. The van der Waals surface area contributed by atoms with Crippen LogP contribution in [-0.2, 0) is 0 Å². The van der Waals surface area contributed by atoms with E-state index in [1.54, 1.807) is 13.8 Å². The first-order valence-corrected chi connectivity index (χ1v) is 5.89. The van der Waals surface area contributed by atoms with E-state index in [9.17, 15) is 13.2 Å². The third kappa shape index (κ3) is 6.68. The van der Waals surface area contributed by atoms with E-state index in [0.29, 0.717) is 19.4 Å².